The van der Waals surface area contributed by atoms with Crippen molar-refractivity contribution < 1.29 is 0 Å². The molecule has 2 atom stereocenters. The summed E-state index contributed by atoms with van der Waals surface area (Å²) in [6.07, 6.45) is 10.8. The number of benzene rings is 2. The van der Waals surface area contributed by atoms with Gasteiger partial charge in [0.05, 0.1) is 29.8 Å². The van der Waals surface area contributed by atoms with Crippen LogP contribution in [0.3, 0.4) is 0 Å². The van der Waals surface area contributed by atoms with E-state index in [4.69, 9.17) is 9.97 Å². The Morgan fingerprint density at radius 3 is 2.47 bits per heavy atom. The first-order chi connectivity index (χ1) is 17.7. The summed E-state index contributed by atoms with van der Waals surface area (Å²) in [4.78, 5) is 19.4. The molecule has 178 valence electrons. The Kier molecular flexibility index (Phi) is 5.03. The zero-order valence-electron chi connectivity index (χ0n) is 20.2. The van der Waals surface area contributed by atoms with Crippen LogP contribution in [0.1, 0.15) is 12.0 Å². The van der Waals surface area contributed by atoms with Crippen LogP contribution in [0.4, 0.5) is 5.82 Å². The normalized spacial score (nSPS) is 19.4. The number of fused-ring (bicyclic) bond motifs is 3. The summed E-state index contributed by atoms with van der Waals surface area (Å²) in [5.41, 5.74) is 6.35. The topological polar surface area (TPSA) is 63.0 Å². The minimum Gasteiger partial charge on any atom is -0.352 e. The number of hydrogen-bond acceptors (Lipinski definition) is 6. The third kappa shape index (κ3) is 3.72. The number of hydrogen-bond donors (Lipinski definition) is 0. The van der Waals surface area contributed by atoms with Crippen LogP contribution in [0, 0.1) is 0 Å². The van der Waals surface area contributed by atoms with E-state index in [1.165, 1.54) is 12.0 Å². The largest absolute Gasteiger partial charge is 0.352 e. The Hall–Kier alpha value is -4.10. The van der Waals surface area contributed by atoms with E-state index >= 15 is 0 Å². The Morgan fingerprint density at radius 1 is 0.861 bits per heavy atom. The van der Waals surface area contributed by atoms with Crippen molar-refractivity contribution in [3.8, 4) is 22.4 Å². The van der Waals surface area contributed by atoms with Gasteiger partial charge in [-0.2, -0.15) is 5.10 Å². The molecule has 3 fully saturated rings. The maximum absolute atomic E-state index is 4.87. The number of anilines is 1. The van der Waals surface area contributed by atoms with Crippen molar-refractivity contribution in [1.82, 2.24) is 29.6 Å². The Morgan fingerprint density at radius 2 is 1.72 bits per heavy atom. The van der Waals surface area contributed by atoms with Gasteiger partial charge in [-0.1, -0.05) is 36.4 Å². The van der Waals surface area contributed by atoms with Crippen LogP contribution < -0.4 is 4.90 Å². The number of piperazine rings is 1. The monoisotopic (exact) mass is 473 g/mol. The van der Waals surface area contributed by atoms with Crippen molar-refractivity contribution >= 4 is 16.7 Å². The fraction of sp³-hybridized carbons (Fsp3) is 0.241. The van der Waals surface area contributed by atoms with Gasteiger partial charge in [0.15, 0.2) is 0 Å². The highest BCUT2D eigenvalue weighted by Crippen LogP contribution is 2.36. The minimum atomic E-state index is 0.580. The molecule has 8 rings (SSSR count). The zero-order valence-corrected chi connectivity index (χ0v) is 20.2. The molecule has 0 aliphatic carbocycles. The predicted octanol–water partition coefficient (Wildman–Crippen LogP) is 4.56. The van der Waals surface area contributed by atoms with Crippen LogP contribution in [0.15, 0.2) is 85.6 Å². The smallest absolute Gasteiger partial charge is 0.147 e. The third-order valence-electron chi connectivity index (χ3n) is 7.55. The quantitative estimate of drug-likeness (QED) is 0.373. The van der Waals surface area contributed by atoms with E-state index in [9.17, 15) is 0 Å². The van der Waals surface area contributed by atoms with E-state index in [1.807, 2.05) is 48.8 Å². The van der Waals surface area contributed by atoms with E-state index in [-0.39, 0.29) is 0 Å². The second kappa shape index (κ2) is 8.53. The minimum absolute atomic E-state index is 0.580. The standard InChI is InChI=1S/C29H27N7/c1-34-17-22(13-33-34)21-10-26(25-8-5-9-30-27(25)11-21)28-14-32-29(15-31-28)35-18-23-12-24(19-35)36(23)16-20-6-3-2-4-7-20/h2-11,13-15,17,23-24H,12,16,18-19H2,1H3. The van der Waals surface area contributed by atoms with Gasteiger partial charge in [-0.25, -0.2) is 4.98 Å². The molecular weight excluding hydrogens is 446 g/mol. The molecule has 3 saturated heterocycles. The fourth-order valence-corrected chi connectivity index (χ4v) is 5.68. The second-order valence-electron chi connectivity index (χ2n) is 9.86. The van der Waals surface area contributed by atoms with E-state index in [1.54, 1.807) is 0 Å². The van der Waals surface area contributed by atoms with Gasteiger partial charge in [0.2, 0.25) is 0 Å². The molecule has 6 heterocycles. The van der Waals surface area contributed by atoms with Gasteiger partial charge in [-0.05, 0) is 35.7 Å². The average Bonchev–Trinajstić information content (AvgIpc) is 3.38. The number of aryl methyl sites for hydroxylation is 1. The molecule has 36 heavy (non-hydrogen) atoms. The van der Waals surface area contributed by atoms with Crippen molar-refractivity contribution in [2.24, 2.45) is 7.05 Å². The van der Waals surface area contributed by atoms with Crippen LogP contribution in [0.2, 0.25) is 0 Å². The van der Waals surface area contributed by atoms with Crippen LogP contribution in [0.5, 0.6) is 0 Å². The number of rotatable bonds is 5. The summed E-state index contributed by atoms with van der Waals surface area (Å²) in [6.45, 7) is 3.03. The summed E-state index contributed by atoms with van der Waals surface area (Å²) < 4.78 is 1.82. The van der Waals surface area contributed by atoms with Crippen molar-refractivity contribution in [3.63, 3.8) is 0 Å². The van der Waals surface area contributed by atoms with Gasteiger partial charge in [-0.15, -0.1) is 0 Å². The molecule has 3 aliphatic heterocycles. The molecule has 5 aromatic rings. The Balaban J connectivity index is 1.14. The van der Waals surface area contributed by atoms with Crippen molar-refractivity contribution in [3.05, 3.63) is 91.1 Å². The summed E-state index contributed by atoms with van der Waals surface area (Å²) in [6, 6.07) is 20.3. The number of nitrogens with zero attached hydrogens (tertiary/aromatic N) is 7. The molecule has 7 heteroatoms. The van der Waals surface area contributed by atoms with Gasteiger partial charge in [0, 0.05) is 67.7 Å². The van der Waals surface area contributed by atoms with E-state index in [0.717, 1.165) is 58.7 Å². The maximum atomic E-state index is 4.87. The molecular formula is C29H27N7. The van der Waals surface area contributed by atoms with Crippen molar-refractivity contribution in [1.29, 1.82) is 0 Å². The molecule has 0 radical (unpaired) electrons. The first kappa shape index (κ1) is 21.2. The maximum Gasteiger partial charge on any atom is 0.147 e. The molecule has 0 N–H and O–H groups in total. The van der Waals surface area contributed by atoms with Crippen LogP contribution in [-0.2, 0) is 13.6 Å². The molecule has 0 saturated carbocycles. The molecule has 0 spiro atoms. The third-order valence-corrected chi connectivity index (χ3v) is 7.55. The van der Waals surface area contributed by atoms with Gasteiger partial charge in [0.1, 0.15) is 5.82 Å². The lowest BCUT2D eigenvalue weighted by molar-refractivity contribution is -0.00870. The first-order valence-corrected chi connectivity index (χ1v) is 12.5. The van der Waals surface area contributed by atoms with Gasteiger partial charge in [0.25, 0.3) is 0 Å². The fourth-order valence-electron chi connectivity index (χ4n) is 5.68. The molecule has 3 aliphatic rings. The zero-order chi connectivity index (χ0) is 24.1. The Labute approximate surface area is 210 Å². The van der Waals surface area contributed by atoms with Gasteiger partial charge in [-0.3, -0.25) is 19.5 Å². The molecule has 2 bridgehead atoms. The van der Waals surface area contributed by atoms with Crippen molar-refractivity contribution in [2.75, 3.05) is 18.0 Å². The highest BCUT2D eigenvalue weighted by atomic mass is 15.4. The van der Waals surface area contributed by atoms with Crippen LogP contribution in [0.25, 0.3) is 33.3 Å². The summed E-state index contributed by atoms with van der Waals surface area (Å²) >= 11 is 0. The van der Waals surface area contributed by atoms with E-state index in [2.05, 4.69) is 68.4 Å². The number of aromatic nitrogens is 5. The second-order valence-corrected chi connectivity index (χ2v) is 9.86. The number of pyridine rings is 1. The first-order valence-electron chi connectivity index (χ1n) is 12.5. The lowest BCUT2D eigenvalue weighted by Crippen LogP contribution is -2.68. The average molecular weight is 474 g/mol. The van der Waals surface area contributed by atoms with Crippen LogP contribution in [-0.4, -0.2) is 54.8 Å². The summed E-state index contributed by atoms with van der Waals surface area (Å²) in [7, 11) is 1.93. The SMILES string of the molecule is Cn1cc(-c2cc(-c3cnc(N4CC5CC(C4)N5Cc4ccccc4)cn3)c3cccnc3c2)cn1. The lowest BCUT2D eigenvalue weighted by Gasteiger charge is -2.56. The van der Waals surface area contributed by atoms with E-state index < -0.39 is 0 Å². The molecule has 3 aromatic heterocycles. The van der Waals surface area contributed by atoms with E-state index in [0.29, 0.717) is 12.1 Å². The molecule has 2 aromatic carbocycles. The van der Waals surface area contributed by atoms with Crippen LogP contribution >= 0.6 is 0 Å². The summed E-state index contributed by atoms with van der Waals surface area (Å²) in [5, 5.41) is 5.41. The lowest BCUT2D eigenvalue weighted by atomic mass is 9.87. The highest BCUT2D eigenvalue weighted by Gasteiger charge is 2.44. The predicted molar refractivity (Wildman–Crippen MR) is 141 cm³/mol. The molecule has 7 nitrogen and oxygen atoms in total. The highest BCUT2D eigenvalue weighted by molar-refractivity contribution is 5.97. The van der Waals surface area contributed by atoms with Gasteiger partial charge < -0.3 is 4.90 Å². The number of piperidine rings is 1. The van der Waals surface area contributed by atoms with Gasteiger partial charge >= 0.3 is 0 Å². The summed E-state index contributed by atoms with van der Waals surface area (Å²) in [5.74, 6) is 0.957. The van der Waals surface area contributed by atoms with Crippen molar-refractivity contribution in [2.45, 2.75) is 25.0 Å². The molecule has 2 unspecified atom stereocenters. The molecule has 0 amide bonds. The Bertz CT molecular complexity index is 1510.